The molecule has 1 aliphatic rings. The maximum atomic E-state index is 12.7. The molecular formula is C18H21N3O4S2. The maximum Gasteiger partial charge on any atom is 0.280 e. The van der Waals surface area contributed by atoms with Crippen LogP contribution in [-0.2, 0) is 14.8 Å². The minimum Gasteiger partial charge on any atom is -0.295 e. The highest BCUT2D eigenvalue weighted by Crippen LogP contribution is 2.22. The summed E-state index contributed by atoms with van der Waals surface area (Å²) in [6, 6.07) is 11.2. The summed E-state index contributed by atoms with van der Waals surface area (Å²) in [5.74, 6) is 4.49. The van der Waals surface area contributed by atoms with E-state index in [1.807, 2.05) is 16.3 Å². The van der Waals surface area contributed by atoms with E-state index in [0.717, 1.165) is 0 Å². The fourth-order valence-electron chi connectivity index (χ4n) is 3.12. The zero-order valence-electron chi connectivity index (χ0n) is 14.7. The molecule has 2 heterocycles. The number of thiophene rings is 1. The molecule has 1 aromatic heterocycles. The number of rotatable bonds is 6. The van der Waals surface area contributed by atoms with Crippen molar-refractivity contribution in [2.75, 3.05) is 19.6 Å². The minimum atomic E-state index is -4.09. The molecule has 1 aromatic carbocycles. The second kappa shape index (κ2) is 8.30. The molecule has 2 N–H and O–H groups in total. The first-order chi connectivity index (χ1) is 12.9. The van der Waals surface area contributed by atoms with Crippen molar-refractivity contribution in [2.45, 2.75) is 17.7 Å². The molecule has 0 aliphatic carbocycles. The fraction of sp³-hybridized carbons (Fsp3) is 0.333. The number of amides is 1. The summed E-state index contributed by atoms with van der Waals surface area (Å²) in [7, 11) is -4.09. The number of hydrazine groups is 1. The molecule has 0 saturated carbocycles. The number of piperidine rings is 1. The summed E-state index contributed by atoms with van der Waals surface area (Å²) in [5.41, 5.74) is 0. The monoisotopic (exact) mass is 407 g/mol. The van der Waals surface area contributed by atoms with Gasteiger partial charge in [-0.2, -0.15) is 12.8 Å². The zero-order valence-corrected chi connectivity index (χ0v) is 16.3. The number of Topliss-reactive ketones (excluding diaryl/α,β-unsaturated/α-hetero) is 1. The van der Waals surface area contributed by atoms with Gasteiger partial charge in [0.2, 0.25) is 0 Å². The van der Waals surface area contributed by atoms with Crippen molar-refractivity contribution < 1.29 is 18.0 Å². The van der Waals surface area contributed by atoms with E-state index in [4.69, 9.17) is 5.84 Å². The molecular weight excluding hydrogens is 386 g/mol. The van der Waals surface area contributed by atoms with Crippen molar-refractivity contribution in [3.63, 3.8) is 0 Å². The Morgan fingerprint density at radius 3 is 2.59 bits per heavy atom. The van der Waals surface area contributed by atoms with Crippen LogP contribution in [0.15, 0.2) is 52.7 Å². The van der Waals surface area contributed by atoms with Gasteiger partial charge in [-0.3, -0.25) is 14.5 Å². The van der Waals surface area contributed by atoms with Crippen LogP contribution in [0.25, 0.3) is 0 Å². The Kier molecular flexibility index (Phi) is 6.05. The van der Waals surface area contributed by atoms with Gasteiger partial charge < -0.3 is 0 Å². The van der Waals surface area contributed by atoms with E-state index in [1.165, 1.54) is 23.5 Å². The van der Waals surface area contributed by atoms with E-state index in [-0.39, 0.29) is 17.2 Å². The molecule has 9 heteroatoms. The lowest BCUT2D eigenvalue weighted by Crippen LogP contribution is -2.50. The van der Waals surface area contributed by atoms with Crippen LogP contribution in [0.4, 0.5) is 0 Å². The predicted octanol–water partition coefficient (Wildman–Crippen LogP) is 1.73. The number of hydrogen-bond donors (Lipinski definition) is 1. The Balaban J connectivity index is 1.66. The SMILES string of the molecule is NN(C(=O)C1CCCN(CC(=O)c2cccs2)C1)S(=O)(=O)c1ccccc1. The predicted molar refractivity (Wildman–Crippen MR) is 102 cm³/mol. The molecule has 0 bridgehead atoms. The maximum absolute atomic E-state index is 12.7. The quantitative estimate of drug-likeness (QED) is 0.339. The van der Waals surface area contributed by atoms with Crippen LogP contribution in [0.2, 0.25) is 0 Å². The molecule has 2 aromatic rings. The van der Waals surface area contributed by atoms with Crippen LogP contribution < -0.4 is 5.84 Å². The molecule has 1 saturated heterocycles. The molecule has 0 spiro atoms. The highest BCUT2D eigenvalue weighted by atomic mass is 32.2. The number of benzene rings is 1. The van der Waals surface area contributed by atoms with Crippen molar-refractivity contribution in [3.05, 3.63) is 52.7 Å². The van der Waals surface area contributed by atoms with Crippen molar-refractivity contribution in [2.24, 2.45) is 11.8 Å². The topological polar surface area (TPSA) is 101 Å². The van der Waals surface area contributed by atoms with Crippen LogP contribution in [0.3, 0.4) is 0 Å². The summed E-state index contributed by atoms with van der Waals surface area (Å²) in [5, 5.41) is 1.84. The second-order valence-electron chi connectivity index (χ2n) is 6.43. The Hall–Kier alpha value is -2.07. The molecule has 144 valence electrons. The average molecular weight is 408 g/mol. The highest BCUT2D eigenvalue weighted by Gasteiger charge is 2.34. The first kappa shape index (κ1) is 19.7. The first-order valence-corrected chi connectivity index (χ1v) is 10.9. The Labute approximate surface area is 162 Å². The van der Waals surface area contributed by atoms with Gasteiger partial charge in [-0.05, 0) is 43.0 Å². The van der Waals surface area contributed by atoms with Gasteiger partial charge in [0, 0.05) is 6.54 Å². The largest absolute Gasteiger partial charge is 0.295 e. The van der Waals surface area contributed by atoms with E-state index in [0.29, 0.717) is 35.2 Å². The lowest BCUT2D eigenvalue weighted by Gasteiger charge is -2.32. The molecule has 1 amide bonds. The number of likely N-dealkylation sites (tertiary alicyclic amines) is 1. The van der Waals surface area contributed by atoms with Gasteiger partial charge in [0.05, 0.1) is 22.2 Å². The Morgan fingerprint density at radius 2 is 1.93 bits per heavy atom. The second-order valence-corrected chi connectivity index (χ2v) is 9.19. The number of carbonyl (C=O) groups excluding carboxylic acids is 2. The summed E-state index contributed by atoms with van der Waals surface area (Å²) >= 11 is 1.38. The number of nitrogens with zero attached hydrogens (tertiary/aromatic N) is 2. The van der Waals surface area contributed by atoms with Crippen LogP contribution in [-0.4, -0.2) is 49.1 Å². The zero-order chi connectivity index (χ0) is 19.4. The minimum absolute atomic E-state index is 0.000361. The molecule has 7 nitrogen and oxygen atoms in total. The molecule has 1 atom stereocenters. The van der Waals surface area contributed by atoms with Gasteiger partial charge in [0.1, 0.15) is 0 Å². The van der Waals surface area contributed by atoms with Crippen molar-refractivity contribution in [3.8, 4) is 0 Å². The van der Waals surface area contributed by atoms with E-state index in [1.54, 1.807) is 24.3 Å². The normalized spacial score (nSPS) is 18.2. The Bertz CT molecular complexity index is 898. The van der Waals surface area contributed by atoms with Crippen molar-refractivity contribution >= 4 is 33.1 Å². The van der Waals surface area contributed by atoms with Crippen LogP contribution in [0, 0.1) is 5.92 Å². The Morgan fingerprint density at radius 1 is 1.19 bits per heavy atom. The number of sulfonamides is 1. The third-order valence-electron chi connectivity index (χ3n) is 4.54. The molecule has 0 radical (unpaired) electrons. The van der Waals surface area contributed by atoms with Gasteiger partial charge in [0.25, 0.3) is 15.9 Å². The molecule has 1 aliphatic heterocycles. The van der Waals surface area contributed by atoms with Gasteiger partial charge in [0.15, 0.2) is 5.78 Å². The third kappa shape index (κ3) is 4.44. The van der Waals surface area contributed by atoms with Crippen molar-refractivity contribution in [1.29, 1.82) is 0 Å². The van der Waals surface area contributed by atoms with E-state index in [9.17, 15) is 18.0 Å². The number of carbonyl (C=O) groups is 2. The summed E-state index contributed by atoms with van der Waals surface area (Å²) in [6.45, 7) is 1.21. The van der Waals surface area contributed by atoms with Crippen LogP contribution >= 0.6 is 11.3 Å². The fourth-order valence-corrected chi connectivity index (χ4v) is 4.89. The van der Waals surface area contributed by atoms with Gasteiger partial charge in [-0.1, -0.05) is 24.3 Å². The first-order valence-electron chi connectivity index (χ1n) is 8.57. The van der Waals surface area contributed by atoms with Crippen LogP contribution in [0.5, 0.6) is 0 Å². The van der Waals surface area contributed by atoms with E-state index in [2.05, 4.69) is 0 Å². The molecule has 1 fully saturated rings. The number of nitrogens with two attached hydrogens (primary N) is 1. The highest BCUT2D eigenvalue weighted by molar-refractivity contribution is 7.89. The summed E-state index contributed by atoms with van der Waals surface area (Å²) in [4.78, 5) is 27.5. The standard InChI is InChI=1S/C18H21N3O4S2/c19-21(27(24,25)15-7-2-1-3-8-15)18(23)14-6-4-10-20(12-14)13-16(22)17-9-5-11-26-17/h1-3,5,7-9,11,14H,4,6,10,12-13,19H2. The van der Waals surface area contributed by atoms with E-state index < -0.39 is 21.8 Å². The molecule has 3 rings (SSSR count). The van der Waals surface area contributed by atoms with E-state index >= 15 is 0 Å². The third-order valence-corrected chi connectivity index (χ3v) is 7.01. The van der Waals surface area contributed by atoms with Crippen LogP contribution in [0.1, 0.15) is 22.5 Å². The smallest absolute Gasteiger partial charge is 0.280 e. The van der Waals surface area contributed by atoms with Gasteiger partial charge >= 0.3 is 0 Å². The van der Waals surface area contributed by atoms with Crippen molar-refractivity contribution in [1.82, 2.24) is 9.31 Å². The lowest BCUT2D eigenvalue weighted by atomic mass is 9.97. The number of ketones is 1. The number of hydrogen-bond acceptors (Lipinski definition) is 7. The summed E-state index contributed by atoms with van der Waals surface area (Å²) in [6.07, 6.45) is 1.24. The lowest BCUT2D eigenvalue weighted by molar-refractivity contribution is -0.132. The molecule has 1 unspecified atom stereocenters. The molecule has 27 heavy (non-hydrogen) atoms. The summed E-state index contributed by atoms with van der Waals surface area (Å²) < 4.78 is 25.4. The van der Waals surface area contributed by atoms with Gasteiger partial charge in [-0.15, -0.1) is 11.3 Å². The average Bonchev–Trinajstić information content (AvgIpc) is 3.22. The van der Waals surface area contributed by atoms with Gasteiger partial charge in [-0.25, -0.2) is 5.84 Å².